The molecule has 0 spiro atoms. The number of carbonyl (C=O) groups is 2. The van der Waals surface area contributed by atoms with Gasteiger partial charge in [-0.25, -0.2) is 0 Å². The SMILES string of the molecule is CC(C)(CC(=O)N1CCC(O)(C(N)=O)C1)Cc1ccc(Cl)cc1. The predicted molar refractivity (Wildman–Crippen MR) is 88.9 cm³/mol. The summed E-state index contributed by atoms with van der Waals surface area (Å²) >= 11 is 5.88. The van der Waals surface area contributed by atoms with Crippen molar-refractivity contribution in [1.82, 2.24) is 4.90 Å². The van der Waals surface area contributed by atoms with E-state index in [0.717, 1.165) is 12.0 Å². The summed E-state index contributed by atoms with van der Waals surface area (Å²) in [5.41, 5.74) is 4.49. The Morgan fingerprint density at radius 1 is 1.35 bits per heavy atom. The fourth-order valence-corrected chi connectivity index (χ4v) is 3.07. The molecule has 1 aliphatic heterocycles. The number of nitrogens with zero attached hydrogens (tertiary/aromatic N) is 1. The molecule has 126 valence electrons. The zero-order valence-electron chi connectivity index (χ0n) is 13.5. The monoisotopic (exact) mass is 338 g/mol. The van der Waals surface area contributed by atoms with E-state index in [2.05, 4.69) is 0 Å². The lowest BCUT2D eigenvalue weighted by Crippen LogP contribution is -2.47. The van der Waals surface area contributed by atoms with Gasteiger partial charge < -0.3 is 15.7 Å². The number of halogens is 1. The average molecular weight is 339 g/mol. The van der Waals surface area contributed by atoms with Gasteiger partial charge in [0.25, 0.3) is 5.91 Å². The van der Waals surface area contributed by atoms with Crippen LogP contribution in [-0.4, -0.2) is 40.5 Å². The van der Waals surface area contributed by atoms with Gasteiger partial charge in [-0.2, -0.15) is 0 Å². The number of rotatable bonds is 5. The van der Waals surface area contributed by atoms with Crippen molar-refractivity contribution in [2.45, 2.75) is 38.7 Å². The van der Waals surface area contributed by atoms with Crippen molar-refractivity contribution < 1.29 is 14.7 Å². The van der Waals surface area contributed by atoms with Gasteiger partial charge in [-0.3, -0.25) is 9.59 Å². The number of likely N-dealkylation sites (tertiary alicyclic amines) is 1. The Morgan fingerprint density at radius 3 is 2.48 bits per heavy atom. The maximum absolute atomic E-state index is 12.5. The van der Waals surface area contributed by atoms with Gasteiger partial charge in [0.2, 0.25) is 5.91 Å². The number of carbonyl (C=O) groups excluding carboxylic acids is 2. The Bertz CT molecular complexity index is 600. The molecule has 1 aromatic rings. The Kier molecular flexibility index (Phi) is 5.01. The van der Waals surface area contributed by atoms with E-state index in [9.17, 15) is 14.7 Å². The summed E-state index contributed by atoms with van der Waals surface area (Å²) < 4.78 is 0. The van der Waals surface area contributed by atoms with Crippen LogP contribution in [0.4, 0.5) is 0 Å². The molecule has 6 heteroatoms. The van der Waals surface area contributed by atoms with Crippen LogP contribution in [-0.2, 0) is 16.0 Å². The van der Waals surface area contributed by atoms with Crippen LogP contribution in [0.15, 0.2) is 24.3 Å². The maximum Gasteiger partial charge on any atom is 0.251 e. The highest BCUT2D eigenvalue weighted by Gasteiger charge is 2.43. The number of benzene rings is 1. The minimum absolute atomic E-state index is 0.0157. The van der Waals surface area contributed by atoms with Crippen LogP contribution in [0.3, 0.4) is 0 Å². The third-order valence-corrected chi connectivity index (χ3v) is 4.54. The van der Waals surface area contributed by atoms with E-state index in [0.29, 0.717) is 18.0 Å². The van der Waals surface area contributed by atoms with Gasteiger partial charge in [0.05, 0.1) is 6.54 Å². The molecule has 1 heterocycles. The van der Waals surface area contributed by atoms with Crippen molar-refractivity contribution in [3.63, 3.8) is 0 Å². The summed E-state index contributed by atoms with van der Waals surface area (Å²) in [6.07, 6.45) is 1.28. The first-order chi connectivity index (χ1) is 10.6. The van der Waals surface area contributed by atoms with Crippen molar-refractivity contribution in [2.24, 2.45) is 11.1 Å². The highest BCUT2D eigenvalue weighted by atomic mass is 35.5. The van der Waals surface area contributed by atoms with E-state index in [1.165, 1.54) is 4.90 Å². The van der Waals surface area contributed by atoms with Crippen LogP contribution in [0.2, 0.25) is 5.02 Å². The van der Waals surface area contributed by atoms with E-state index >= 15 is 0 Å². The number of nitrogens with two attached hydrogens (primary N) is 1. The molecule has 3 N–H and O–H groups in total. The molecule has 23 heavy (non-hydrogen) atoms. The van der Waals surface area contributed by atoms with E-state index < -0.39 is 11.5 Å². The van der Waals surface area contributed by atoms with Crippen LogP contribution >= 0.6 is 11.6 Å². The lowest BCUT2D eigenvalue weighted by atomic mass is 9.82. The first kappa shape index (κ1) is 17.8. The van der Waals surface area contributed by atoms with E-state index in [1.807, 2.05) is 38.1 Å². The van der Waals surface area contributed by atoms with Crippen LogP contribution < -0.4 is 5.73 Å². The van der Waals surface area contributed by atoms with Crippen molar-refractivity contribution in [3.05, 3.63) is 34.9 Å². The molecular formula is C17H23ClN2O3. The molecule has 1 fully saturated rings. The lowest BCUT2D eigenvalue weighted by molar-refractivity contribution is -0.138. The number of amides is 2. The van der Waals surface area contributed by atoms with Crippen molar-refractivity contribution in [3.8, 4) is 0 Å². The van der Waals surface area contributed by atoms with Gasteiger partial charge in [-0.05, 0) is 29.5 Å². The fourth-order valence-electron chi connectivity index (χ4n) is 2.95. The molecule has 0 aromatic heterocycles. The summed E-state index contributed by atoms with van der Waals surface area (Å²) in [5, 5.41) is 10.8. The van der Waals surface area contributed by atoms with E-state index in [1.54, 1.807) is 0 Å². The van der Waals surface area contributed by atoms with Gasteiger partial charge >= 0.3 is 0 Å². The summed E-state index contributed by atoms with van der Waals surface area (Å²) in [6, 6.07) is 7.58. The number of hydrogen-bond acceptors (Lipinski definition) is 3. The quantitative estimate of drug-likeness (QED) is 0.857. The molecule has 0 radical (unpaired) electrons. The van der Waals surface area contributed by atoms with Crippen molar-refractivity contribution >= 4 is 23.4 Å². The van der Waals surface area contributed by atoms with Gasteiger partial charge in [0, 0.05) is 24.4 Å². The first-order valence-corrected chi connectivity index (χ1v) is 8.04. The van der Waals surface area contributed by atoms with Gasteiger partial charge in [0.1, 0.15) is 0 Å². The van der Waals surface area contributed by atoms with Crippen LogP contribution in [0.25, 0.3) is 0 Å². The standard InChI is InChI=1S/C17H23ClN2O3/c1-16(2,9-12-3-5-13(18)6-4-12)10-14(21)20-8-7-17(23,11-20)15(19)22/h3-6,23H,7-11H2,1-2H3,(H2,19,22). The van der Waals surface area contributed by atoms with E-state index in [-0.39, 0.29) is 24.3 Å². The molecule has 1 unspecified atom stereocenters. The molecule has 1 aromatic carbocycles. The summed E-state index contributed by atoms with van der Waals surface area (Å²) in [5.74, 6) is -0.839. The minimum atomic E-state index is -1.59. The average Bonchev–Trinajstić information content (AvgIpc) is 2.85. The highest BCUT2D eigenvalue weighted by molar-refractivity contribution is 6.30. The number of primary amides is 1. The number of hydrogen-bond donors (Lipinski definition) is 2. The normalized spacial score (nSPS) is 21.5. The molecule has 0 bridgehead atoms. The Labute approximate surface area is 141 Å². The molecule has 1 aliphatic rings. The summed E-state index contributed by atoms with van der Waals surface area (Å²) in [4.78, 5) is 25.2. The van der Waals surface area contributed by atoms with Crippen LogP contribution in [0.5, 0.6) is 0 Å². The highest BCUT2D eigenvalue weighted by Crippen LogP contribution is 2.29. The number of aliphatic hydroxyl groups is 1. The molecule has 5 nitrogen and oxygen atoms in total. The predicted octanol–water partition coefficient (Wildman–Crippen LogP) is 1.75. The lowest BCUT2D eigenvalue weighted by Gasteiger charge is -2.27. The molecule has 0 aliphatic carbocycles. The van der Waals surface area contributed by atoms with Crippen molar-refractivity contribution in [1.29, 1.82) is 0 Å². The Hall–Kier alpha value is -1.59. The zero-order chi connectivity index (χ0) is 17.3. The summed E-state index contributed by atoms with van der Waals surface area (Å²) in [6.45, 7) is 4.39. The Morgan fingerprint density at radius 2 is 1.96 bits per heavy atom. The third kappa shape index (κ3) is 4.45. The molecule has 2 rings (SSSR count). The molecule has 1 saturated heterocycles. The topological polar surface area (TPSA) is 83.6 Å². The van der Waals surface area contributed by atoms with Crippen molar-refractivity contribution in [2.75, 3.05) is 13.1 Å². The van der Waals surface area contributed by atoms with Crippen LogP contribution in [0.1, 0.15) is 32.3 Å². The second-order valence-corrected chi connectivity index (χ2v) is 7.54. The second-order valence-electron chi connectivity index (χ2n) is 7.11. The molecular weight excluding hydrogens is 316 g/mol. The van der Waals surface area contributed by atoms with Gasteiger partial charge in [-0.15, -0.1) is 0 Å². The van der Waals surface area contributed by atoms with E-state index in [4.69, 9.17) is 17.3 Å². The van der Waals surface area contributed by atoms with Gasteiger partial charge in [0.15, 0.2) is 5.60 Å². The smallest absolute Gasteiger partial charge is 0.251 e. The third-order valence-electron chi connectivity index (χ3n) is 4.28. The number of β-amino-alcohol motifs (C(OH)–C–C–N with tert-alkyl or cyclic N) is 1. The van der Waals surface area contributed by atoms with Crippen LogP contribution in [0, 0.1) is 5.41 Å². The minimum Gasteiger partial charge on any atom is -0.378 e. The summed E-state index contributed by atoms with van der Waals surface area (Å²) in [7, 11) is 0. The first-order valence-electron chi connectivity index (χ1n) is 7.66. The fraction of sp³-hybridized carbons (Fsp3) is 0.529. The largest absolute Gasteiger partial charge is 0.378 e. The zero-order valence-corrected chi connectivity index (χ0v) is 14.3. The molecule has 1 atom stereocenters. The molecule has 0 saturated carbocycles. The maximum atomic E-state index is 12.5. The second kappa shape index (κ2) is 6.49. The Balaban J connectivity index is 1.96. The van der Waals surface area contributed by atoms with Gasteiger partial charge in [-0.1, -0.05) is 37.6 Å². The molecule has 2 amide bonds.